The van der Waals surface area contributed by atoms with Gasteiger partial charge in [-0.15, -0.1) is 0 Å². The first-order valence-electron chi connectivity index (χ1n) is 6.31. The van der Waals surface area contributed by atoms with E-state index in [1.54, 1.807) is 18.2 Å². The number of aryl methyl sites for hydroxylation is 2. The minimum Gasteiger partial charge on any atom is -0.507 e. The molecule has 0 aliphatic heterocycles. The zero-order chi connectivity index (χ0) is 15.0. The largest absolute Gasteiger partial charge is 0.507 e. The van der Waals surface area contributed by atoms with E-state index in [1.165, 1.54) is 0 Å². The average molecular weight is 346 g/mol. The van der Waals surface area contributed by atoms with Crippen molar-refractivity contribution in [3.8, 4) is 28.6 Å². The number of nitrogens with zero attached hydrogens (tertiary/aromatic N) is 3. The fraction of sp³-hybridized carbons (Fsp3) is 0.133. The summed E-state index contributed by atoms with van der Waals surface area (Å²) in [6, 6.07) is 8.89. The first-order chi connectivity index (χ1) is 10.0. The van der Waals surface area contributed by atoms with E-state index >= 15 is 0 Å². The molecule has 0 bridgehead atoms. The standard InChI is InChI=1S/C15H12BrN3O2/c1-8-5-10(6-9(2)17-8)14-18-15(21-19-14)12-4-3-11(16)7-13(12)20/h3-7,20H,1-2H3. The molecule has 0 amide bonds. The Morgan fingerprint density at radius 3 is 2.43 bits per heavy atom. The molecule has 3 rings (SSSR count). The molecule has 0 unspecified atom stereocenters. The quantitative estimate of drug-likeness (QED) is 0.762. The summed E-state index contributed by atoms with van der Waals surface area (Å²) in [4.78, 5) is 8.66. The molecule has 0 saturated heterocycles. The van der Waals surface area contributed by atoms with Crippen molar-refractivity contribution in [3.63, 3.8) is 0 Å². The molecule has 2 heterocycles. The number of halogens is 1. The summed E-state index contributed by atoms with van der Waals surface area (Å²) in [5, 5.41) is 13.9. The fourth-order valence-electron chi connectivity index (χ4n) is 2.10. The molecule has 0 aliphatic rings. The third-order valence-electron chi connectivity index (χ3n) is 2.96. The number of benzene rings is 1. The predicted octanol–water partition coefficient (Wildman–Crippen LogP) is 3.88. The lowest BCUT2D eigenvalue weighted by Gasteiger charge is -2.00. The molecule has 0 saturated carbocycles. The summed E-state index contributed by atoms with van der Waals surface area (Å²) < 4.78 is 6.03. The zero-order valence-electron chi connectivity index (χ0n) is 11.5. The lowest BCUT2D eigenvalue weighted by Crippen LogP contribution is -1.89. The van der Waals surface area contributed by atoms with E-state index in [2.05, 4.69) is 31.1 Å². The van der Waals surface area contributed by atoms with Gasteiger partial charge in [-0.1, -0.05) is 21.1 Å². The summed E-state index contributed by atoms with van der Waals surface area (Å²) >= 11 is 3.29. The van der Waals surface area contributed by atoms with E-state index in [4.69, 9.17) is 4.52 Å². The van der Waals surface area contributed by atoms with Crippen molar-refractivity contribution >= 4 is 15.9 Å². The predicted molar refractivity (Wildman–Crippen MR) is 81.8 cm³/mol. The third-order valence-corrected chi connectivity index (χ3v) is 3.45. The molecule has 0 radical (unpaired) electrons. The number of phenols is 1. The van der Waals surface area contributed by atoms with Crippen molar-refractivity contribution in [3.05, 3.63) is 46.2 Å². The maximum atomic E-state index is 9.95. The van der Waals surface area contributed by atoms with Crippen LogP contribution in [0, 0.1) is 13.8 Å². The number of aromatic hydroxyl groups is 1. The SMILES string of the molecule is Cc1cc(-c2noc(-c3ccc(Br)cc3O)n2)cc(C)n1. The monoisotopic (exact) mass is 345 g/mol. The van der Waals surface area contributed by atoms with Crippen LogP contribution in [-0.4, -0.2) is 20.2 Å². The van der Waals surface area contributed by atoms with Gasteiger partial charge in [0.25, 0.3) is 5.89 Å². The Balaban J connectivity index is 2.03. The normalized spacial score (nSPS) is 10.8. The Morgan fingerprint density at radius 1 is 1.05 bits per heavy atom. The third kappa shape index (κ3) is 2.80. The second-order valence-corrected chi connectivity index (χ2v) is 5.64. The number of aromatic nitrogens is 3. The van der Waals surface area contributed by atoms with Crippen LogP contribution >= 0.6 is 15.9 Å². The summed E-state index contributed by atoms with van der Waals surface area (Å²) in [5.41, 5.74) is 3.12. The maximum absolute atomic E-state index is 9.95. The van der Waals surface area contributed by atoms with Crippen LogP contribution in [-0.2, 0) is 0 Å². The van der Waals surface area contributed by atoms with Crippen LogP contribution in [0.4, 0.5) is 0 Å². The van der Waals surface area contributed by atoms with Gasteiger partial charge in [0.2, 0.25) is 5.82 Å². The lowest BCUT2D eigenvalue weighted by molar-refractivity contribution is 0.425. The van der Waals surface area contributed by atoms with Crippen molar-refractivity contribution < 1.29 is 9.63 Å². The molecular formula is C15H12BrN3O2. The Hall–Kier alpha value is -2.21. The molecule has 1 N–H and O–H groups in total. The van der Waals surface area contributed by atoms with Gasteiger partial charge in [-0.25, -0.2) is 0 Å². The summed E-state index contributed by atoms with van der Waals surface area (Å²) in [6.45, 7) is 3.83. The van der Waals surface area contributed by atoms with Gasteiger partial charge in [-0.05, 0) is 44.2 Å². The second kappa shape index (κ2) is 5.29. The first-order valence-corrected chi connectivity index (χ1v) is 7.10. The number of phenolic OH excluding ortho intramolecular Hbond substituents is 1. The van der Waals surface area contributed by atoms with Crippen molar-refractivity contribution in [2.24, 2.45) is 0 Å². The summed E-state index contributed by atoms with van der Waals surface area (Å²) in [5.74, 6) is 0.838. The van der Waals surface area contributed by atoms with Crippen LogP contribution in [0.2, 0.25) is 0 Å². The van der Waals surface area contributed by atoms with Gasteiger partial charge in [0, 0.05) is 21.4 Å². The van der Waals surface area contributed by atoms with Crippen molar-refractivity contribution in [2.75, 3.05) is 0 Å². The highest BCUT2D eigenvalue weighted by Crippen LogP contribution is 2.31. The van der Waals surface area contributed by atoms with Crippen LogP contribution in [0.5, 0.6) is 5.75 Å². The van der Waals surface area contributed by atoms with Gasteiger partial charge in [0.1, 0.15) is 5.75 Å². The Kier molecular flexibility index (Phi) is 3.47. The molecule has 3 aromatic rings. The highest BCUT2D eigenvalue weighted by atomic mass is 79.9. The van der Waals surface area contributed by atoms with Gasteiger partial charge in [-0.2, -0.15) is 4.98 Å². The van der Waals surface area contributed by atoms with Crippen LogP contribution in [0.1, 0.15) is 11.4 Å². The van der Waals surface area contributed by atoms with Gasteiger partial charge in [0.05, 0.1) is 5.56 Å². The minimum absolute atomic E-state index is 0.0849. The van der Waals surface area contributed by atoms with E-state index in [1.807, 2.05) is 26.0 Å². The molecule has 2 aromatic heterocycles. The number of hydrogen-bond acceptors (Lipinski definition) is 5. The Morgan fingerprint density at radius 2 is 1.76 bits per heavy atom. The van der Waals surface area contributed by atoms with Crippen LogP contribution in [0.3, 0.4) is 0 Å². The molecule has 0 fully saturated rings. The topological polar surface area (TPSA) is 72.0 Å². The molecule has 1 aromatic carbocycles. The van der Waals surface area contributed by atoms with E-state index < -0.39 is 0 Å². The molecular weight excluding hydrogens is 334 g/mol. The fourth-order valence-corrected chi connectivity index (χ4v) is 2.45. The molecule has 106 valence electrons. The van der Waals surface area contributed by atoms with Gasteiger partial charge in [0.15, 0.2) is 0 Å². The number of hydrogen-bond donors (Lipinski definition) is 1. The van der Waals surface area contributed by atoms with E-state index in [0.29, 0.717) is 11.4 Å². The van der Waals surface area contributed by atoms with Gasteiger partial charge >= 0.3 is 0 Å². The smallest absolute Gasteiger partial charge is 0.261 e. The highest BCUT2D eigenvalue weighted by molar-refractivity contribution is 9.10. The van der Waals surface area contributed by atoms with Crippen LogP contribution in [0.15, 0.2) is 39.3 Å². The average Bonchev–Trinajstić information content (AvgIpc) is 2.87. The van der Waals surface area contributed by atoms with Crippen LogP contribution in [0.25, 0.3) is 22.8 Å². The van der Waals surface area contributed by atoms with E-state index in [-0.39, 0.29) is 11.6 Å². The van der Waals surface area contributed by atoms with E-state index in [0.717, 1.165) is 21.4 Å². The number of rotatable bonds is 2. The number of pyridine rings is 1. The summed E-state index contributed by atoms with van der Waals surface area (Å²) in [7, 11) is 0. The first kappa shape index (κ1) is 13.8. The van der Waals surface area contributed by atoms with Crippen molar-refractivity contribution in [2.45, 2.75) is 13.8 Å². The Bertz CT molecular complexity index is 794. The Labute approximate surface area is 129 Å². The van der Waals surface area contributed by atoms with Crippen molar-refractivity contribution in [1.82, 2.24) is 15.1 Å². The highest BCUT2D eigenvalue weighted by Gasteiger charge is 2.14. The van der Waals surface area contributed by atoms with Crippen LogP contribution < -0.4 is 0 Å². The summed E-state index contributed by atoms with van der Waals surface area (Å²) in [6.07, 6.45) is 0. The van der Waals surface area contributed by atoms with Gasteiger partial charge in [-0.3, -0.25) is 4.98 Å². The molecule has 6 heteroatoms. The van der Waals surface area contributed by atoms with Gasteiger partial charge < -0.3 is 9.63 Å². The molecule has 21 heavy (non-hydrogen) atoms. The minimum atomic E-state index is 0.0849. The molecule has 0 aliphatic carbocycles. The van der Waals surface area contributed by atoms with E-state index in [9.17, 15) is 5.11 Å². The zero-order valence-corrected chi connectivity index (χ0v) is 13.0. The molecule has 0 spiro atoms. The van der Waals surface area contributed by atoms with Crippen molar-refractivity contribution in [1.29, 1.82) is 0 Å². The lowest BCUT2D eigenvalue weighted by atomic mass is 10.2. The second-order valence-electron chi connectivity index (χ2n) is 4.72. The maximum Gasteiger partial charge on any atom is 0.261 e. The molecule has 5 nitrogen and oxygen atoms in total. The molecule has 0 atom stereocenters.